The van der Waals surface area contributed by atoms with Crippen LogP contribution < -0.4 is 10.6 Å². The fourth-order valence-corrected chi connectivity index (χ4v) is 3.26. The molecule has 18 heavy (non-hydrogen) atoms. The maximum atomic E-state index is 11.6. The van der Waals surface area contributed by atoms with Crippen LogP contribution in [-0.2, 0) is 4.74 Å². The van der Waals surface area contributed by atoms with Crippen LogP contribution in [0.5, 0.6) is 0 Å². The molecule has 3 unspecified atom stereocenters. The van der Waals surface area contributed by atoms with Crippen molar-refractivity contribution in [1.82, 2.24) is 10.6 Å². The first-order valence-corrected chi connectivity index (χ1v) is 7.16. The summed E-state index contributed by atoms with van der Waals surface area (Å²) in [4.78, 5) is 11.6. The number of carbonyl (C=O) groups excluding carboxylic acids is 1. The summed E-state index contributed by atoms with van der Waals surface area (Å²) in [5.41, 5.74) is -0.409. The van der Waals surface area contributed by atoms with Crippen molar-refractivity contribution in [3.63, 3.8) is 0 Å². The van der Waals surface area contributed by atoms with Gasteiger partial charge in [0.05, 0.1) is 0 Å². The van der Waals surface area contributed by atoms with Crippen molar-refractivity contribution in [2.24, 2.45) is 11.8 Å². The molecule has 1 aliphatic heterocycles. The van der Waals surface area contributed by atoms with Gasteiger partial charge in [0.15, 0.2) is 0 Å². The summed E-state index contributed by atoms with van der Waals surface area (Å²) in [5.74, 6) is 1.36. The van der Waals surface area contributed by atoms with Gasteiger partial charge in [0.2, 0.25) is 0 Å². The van der Waals surface area contributed by atoms with Gasteiger partial charge in [-0.2, -0.15) is 0 Å². The third-order valence-electron chi connectivity index (χ3n) is 4.00. The highest BCUT2D eigenvalue weighted by molar-refractivity contribution is 5.67. The second kappa shape index (κ2) is 5.47. The zero-order chi connectivity index (χ0) is 13.2. The molecule has 0 spiro atoms. The predicted octanol–water partition coefficient (Wildman–Crippen LogP) is 2.29. The number of piperidine rings is 1. The number of amides is 1. The quantitative estimate of drug-likeness (QED) is 0.795. The van der Waals surface area contributed by atoms with Gasteiger partial charge in [-0.3, -0.25) is 0 Å². The molecule has 2 aliphatic rings. The van der Waals surface area contributed by atoms with E-state index >= 15 is 0 Å². The van der Waals surface area contributed by atoms with Crippen LogP contribution in [0.15, 0.2) is 0 Å². The number of alkyl carbamates (subject to hydrolysis) is 1. The minimum absolute atomic E-state index is 0.282. The van der Waals surface area contributed by atoms with E-state index in [0.29, 0.717) is 12.0 Å². The zero-order valence-corrected chi connectivity index (χ0v) is 11.8. The van der Waals surface area contributed by atoms with Gasteiger partial charge < -0.3 is 15.4 Å². The molecule has 4 nitrogen and oxygen atoms in total. The second-order valence-corrected chi connectivity index (χ2v) is 6.59. The van der Waals surface area contributed by atoms with Crippen molar-refractivity contribution < 1.29 is 9.53 Å². The van der Waals surface area contributed by atoms with Gasteiger partial charge >= 0.3 is 6.09 Å². The smallest absolute Gasteiger partial charge is 0.407 e. The molecule has 1 saturated heterocycles. The maximum Gasteiger partial charge on any atom is 0.407 e. The molecule has 2 rings (SSSR count). The maximum absolute atomic E-state index is 11.6. The summed E-state index contributed by atoms with van der Waals surface area (Å²) in [6.07, 6.45) is 4.81. The third-order valence-corrected chi connectivity index (χ3v) is 4.00. The molecule has 0 aromatic rings. The fraction of sp³-hybridized carbons (Fsp3) is 0.929. The number of fused-ring (bicyclic) bond motifs is 1. The molecule has 0 bridgehead atoms. The van der Waals surface area contributed by atoms with Crippen LogP contribution in [0.1, 0.15) is 46.5 Å². The normalized spacial score (nSPS) is 31.8. The average molecular weight is 254 g/mol. The van der Waals surface area contributed by atoms with Crippen LogP contribution in [0.4, 0.5) is 4.79 Å². The lowest BCUT2D eigenvalue weighted by Gasteiger charge is -2.35. The van der Waals surface area contributed by atoms with E-state index in [9.17, 15) is 4.79 Å². The second-order valence-electron chi connectivity index (χ2n) is 6.59. The predicted molar refractivity (Wildman–Crippen MR) is 71.5 cm³/mol. The molecule has 2 fully saturated rings. The van der Waals surface area contributed by atoms with Crippen LogP contribution in [0.25, 0.3) is 0 Å². The first-order chi connectivity index (χ1) is 8.46. The van der Waals surface area contributed by atoms with Gasteiger partial charge in [0, 0.05) is 12.6 Å². The molecule has 3 atom stereocenters. The molecule has 1 saturated carbocycles. The lowest BCUT2D eigenvalue weighted by molar-refractivity contribution is 0.0504. The molecule has 0 radical (unpaired) electrons. The first kappa shape index (κ1) is 13.7. The summed E-state index contributed by atoms with van der Waals surface area (Å²) >= 11 is 0. The number of hydrogen-bond acceptors (Lipinski definition) is 3. The molecule has 104 valence electrons. The average Bonchev–Trinajstić information content (AvgIpc) is 2.72. The zero-order valence-electron chi connectivity index (χ0n) is 11.8. The molecule has 0 aromatic heterocycles. The van der Waals surface area contributed by atoms with Crippen molar-refractivity contribution in [3.05, 3.63) is 0 Å². The number of ether oxygens (including phenoxy) is 1. The molecule has 1 amide bonds. The van der Waals surface area contributed by atoms with Gasteiger partial charge in [-0.1, -0.05) is 6.42 Å². The van der Waals surface area contributed by atoms with Crippen molar-refractivity contribution in [2.75, 3.05) is 13.1 Å². The van der Waals surface area contributed by atoms with Crippen LogP contribution in [-0.4, -0.2) is 30.8 Å². The number of carbonyl (C=O) groups is 1. The summed E-state index contributed by atoms with van der Waals surface area (Å²) in [6, 6.07) is 0.684. The Kier molecular flexibility index (Phi) is 4.15. The Labute approximate surface area is 110 Å². The Morgan fingerprint density at radius 3 is 2.83 bits per heavy atom. The Morgan fingerprint density at radius 1 is 1.33 bits per heavy atom. The highest BCUT2D eigenvalue weighted by atomic mass is 16.6. The molecule has 1 heterocycles. The minimum Gasteiger partial charge on any atom is -0.444 e. The Bertz CT molecular complexity index is 299. The summed E-state index contributed by atoms with van der Waals surface area (Å²) in [6.45, 7) is 7.53. The number of rotatable bonds is 2. The number of nitrogens with one attached hydrogen (secondary N) is 2. The minimum atomic E-state index is -0.409. The Morgan fingerprint density at radius 2 is 2.11 bits per heavy atom. The fourth-order valence-electron chi connectivity index (χ4n) is 3.26. The van der Waals surface area contributed by atoms with Crippen molar-refractivity contribution in [2.45, 2.75) is 58.1 Å². The van der Waals surface area contributed by atoms with Gasteiger partial charge in [-0.05, 0) is 58.4 Å². The summed E-state index contributed by atoms with van der Waals surface area (Å²) in [7, 11) is 0. The molecule has 4 heteroatoms. The van der Waals surface area contributed by atoms with Crippen molar-refractivity contribution in [1.29, 1.82) is 0 Å². The van der Waals surface area contributed by atoms with Crippen molar-refractivity contribution >= 4 is 6.09 Å². The van der Waals surface area contributed by atoms with Gasteiger partial charge in [-0.25, -0.2) is 4.79 Å². The van der Waals surface area contributed by atoms with Gasteiger partial charge in [0.25, 0.3) is 0 Å². The van der Waals surface area contributed by atoms with E-state index in [2.05, 4.69) is 10.6 Å². The highest BCUT2D eigenvalue weighted by Gasteiger charge is 2.36. The summed E-state index contributed by atoms with van der Waals surface area (Å²) < 4.78 is 5.27. The molecular formula is C14H26N2O2. The van der Waals surface area contributed by atoms with Crippen LogP contribution >= 0.6 is 0 Å². The first-order valence-electron chi connectivity index (χ1n) is 7.16. The van der Waals surface area contributed by atoms with Gasteiger partial charge in [-0.15, -0.1) is 0 Å². The lowest BCUT2D eigenvalue weighted by Crippen LogP contribution is -2.47. The van der Waals surface area contributed by atoms with Crippen LogP contribution in [0, 0.1) is 11.8 Å². The Balaban J connectivity index is 1.77. The molecular weight excluding hydrogens is 228 g/mol. The van der Waals surface area contributed by atoms with E-state index in [4.69, 9.17) is 4.74 Å². The Hall–Kier alpha value is -0.770. The standard InChI is InChI=1S/C14H26N2O2/c1-14(2,3)18-13(17)16-9-10-7-8-15-12-6-4-5-11(10)12/h10-12,15H,4-9H2,1-3H3,(H,16,17). The third kappa shape index (κ3) is 3.61. The van der Waals surface area contributed by atoms with Crippen LogP contribution in [0.3, 0.4) is 0 Å². The highest BCUT2D eigenvalue weighted by Crippen LogP contribution is 2.35. The SMILES string of the molecule is CC(C)(C)OC(=O)NCC1CCNC2CCCC12. The molecule has 0 aromatic carbocycles. The number of hydrogen-bond donors (Lipinski definition) is 2. The monoisotopic (exact) mass is 254 g/mol. The lowest BCUT2D eigenvalue weighted by atomic mass is 9.82. The van der Waals surface area contributed by atoms with E-state index in [1.54, 1.807) is 0 Å². The summed E-state index contributed by atoms with van der Waals surface area (Å²) in [5, 5.41) is 6.53. The van der Waals surface area contributed by atoms with E-state index in [1.165, 1.54) is 19.3 Å². The topological polar surface area (TPSA) is 50.4 Å². The largest absolute Gasteiger partial charge is 0.444 e. The van der Waals surface area contributed by atoms with E-state index in [1.807, 2.05) is 20.8 Å². The molecule has 1 aliphatic carbocycles. The van der Waals surface area contributed by atoms with Crippen LogP contribution in [0.2, 0.25) is 0 Å². The van der Waals surface area contributed by atoms with E-state index in [0.717, 1.165) is 25.4 Å². The van der Waals surface area contributed by atoms with Crippen molar-refractivity contribution in [3.8, 4) is 0 Å². The van der Waals surface area contributed by atoms with E-state index in [-0.39, 0.29) is 6.09 Å². The van der Waals surface area contributed by atoms with Gasteiger partial charge in [0.1, 0.15) is 5.60 Å². The van der Waals surface area contributed by atoms with E-state index < -0.39 is 5.60 Å². The molecule has 2 N–H and O–H groups in total.